The summed E-state index contributed by atoms with van der Waals surface area (Å²) in [7, 11) is 0. The van der Waals surface area contributed by atoms with Crippen molar-refractivity contribution in [1.29, 1.82) is 0 Å². The third-order valence-corrected chi connectivity index (χ3v) is 5.61. The van der Waals surface area contributed by atoms with Crippen LogP contribution in [0.25, 0.3) is 0 Å². The fourth-order valence-electron chi connectivity index (χ4n) is 3.80. The Morgan fingerprint density at radius 1 is 1.04 bits per heavy atom. The van der Waals surface area contributed by atoms with E-state index in [0.29, 0.717) is 6.02 Å². The molecule has 2 fully saturated rings. The summed E-state index contributed by atoms with van der Waals surface area (Å²) in [6, 6.07) is 0.899. The monoisotopic (exact) mass is 377 g/mol. The molecule has 0 aromatic heterocycles. The van der Waals surface area contributed by atoms with Crippen molar-refractivity contribution in [3.05, 3.63) is 11.8 Å². The van der Waals surface area contributed by atoms with Crippen molar-refractivity contribution < 1.29 is 9.63 Å². The Hall–Kier alpha value is -1.52. The highest BCUT2D eigenvalue weighted by molar-refractivity contribution is 5.97. The topological polar surface area (TPSA) is 53.9 Å². The summed E-state index contributed by atoms with van der Waals surface area (Å²) in [4.78, 5) is 26.2. The number of hydrogen-bond acceptors (Lipinski definition) is 4. The molecule has 5 heteroatoms. The maximum absolute atomic E-state index is 13.4. The van der Waals surface area contributed by atoms with Crippen LogP contribution < -0.4 is 5.48 Å². The first kappa shape index (κ1) is 21.8. The summed E-state index contributed by atoms with van der Waals surface area (Å²) in [5.41, 5.74) is 3.43. The van der Waals surface area contributed by atoms with Crippen LogP contribution in [0.3, 0.4) is 0 Å². The molecule has 0 spiro atoms. The van der Waals surface area contributed by atoms with E-state index in [9.17, 15) is 4.79 Å². The van der Waals surface area contributed by atoms with E-state index in [0.717, 1.165) is 44.2 Å². The number of nitrogens with zero attached hydrogens (tertiary/aromatic N) is 2. The zero-order chi connectivity index (χ0) is 19.9. The molecule has 0 heterocycles. The molecule has 2 aliphatic rings. The van der Waals surface area contributed by atoms with Gasteiger partial charge in [0.25, 0.3) is 0 Å². The Bertz CT molecular complexity index is 536. The zero-order valence-corrected chi connectivity index (χ0v) is 18.0. The number of nitrogens with one attached hydrogen (secondary N) is 1. The second-order valence-corrected chi connectivity index (χ2v) is 9.10. The number of aliphatic imine (C=N–C) groups is 1. The molecule has 0 aliphatic heterocycles. The number of amidine groups is 1. The minimum Gasteiger partial charge on any atom is -0.343 e. The van der Waals surface area contributed by atoms with E-state index >= 15 is 0 Å². The molecule has 154 valence electrons. The lowest BCUT2D eigenvalue weighted by atomic mass is 9.90. The Balaban J connectivity index is 2.33. The largest absolute Gasteiger partial charge is 0.343 e. The van der Waals surface area contributed by atoms with Crippen LogP contribution in [0.1, 0.15) is 98.8 Å². The lowest BCUT2D eigenvalue weighted by molar-refractivity contribution is -0.139. The molecule has 0 atom stereocenters. The van der Waals surface area contributed by atoms with Crippen molar-refractivity contribution in [2.75, 3.05) is 0 Å². The van der Waals surface area contributed by atoms with Crippen molar-refractivity contribution in [3.63, 3.8) is 0 Å². The lowest BCUT2D eigenvalue weighted by Gasteiger charge is -2.38. The molecule has 0 radical (unpaired) electrons. The molecule has 5 nitrogen and oxygen atoms in total. The van der Waals surface area contributed by atoms with Gasteiger partial charge in [-0.05, 0) is 39.5 Å². The van der Waals surface area contributed by atoms with Gasteiger partial charge in [-0.25, -0.2) is 10.5 Å². The normalized spacial score (nSPS) is 21.1. The fourth-order valence-corrected chi connectivity index (χ4v) is 3.80. The third kappa shape index (κ3) is 6.54. The van der Waals surface area contributed by atoms with Gasteiger partial charge in [0.2, 0.25) is 5.91 Å². The summed E-state index contributed by atoms with van der Waals surface area (Å²) >= 11 is 0. The summed E-state index contributed by atoms with van der Waals surface area (Å²) in [5.74, 6) is 0.101. The molecule has 0 aromatic rings. The van der Waals surface area contributed by atoms with Gasteiger partial charge in [-0.15, -0.1) is 0 Å². The number of allylic oxidation sites excluding steroid dienone is 2. The van der Waals surface area contributed by atoms with Crippen LogP contribution in [-0.2, 0) is 9.63 Å². The molecule has 2 rings (SSSR count). The highest BCUT2D eigenvalue weighted by Crippen LogP contribution is 2.29. The molecule has 0 bridgehead atoms. The fraction of sp³-hybridized carbons (Fsp3) is 0.818. The minimum absolute atomic E-state index is 0.101. The van der Waals surface area contributed by atoms with Crippen LogP contribution in [0.5, 0.6) is 0 Å². The van der Waals surface area contributed by atoms with Gasteiger partial charge in [0.05, 0.1) is 6.04 Å². The second-order valence-electron chi connectivity index (χ2n) is 9.10. The number of carbonyl (C=O) groups excluding carboxylic acids is 1. The smallest absolute Gasteiger partial charge is 0.321 e. The lowest BCUT2D eigenvalue weighted by Crippen LogP contribution is -2.52. The average Bonchev–Trinajstić information content (AvgIpc) is 2.66. The summed E-state index contributed by atoms with van der Waals surface area (Å²) in [6.07, 6.45) is 13.4. The highest BCUT2D eigenvalue weighted by Gasteiger charge is 2.37. The minimum atomic E-state index is -0.468. The van der Waals surface area contributed by atoms with Crippen molar-refractivity contribution in [2.24, 2.45) is 10.4 Å². The number of hydrogen-bond donors (Lipinski definition) is 1. The van der Waals surface area contributed by atoms with Crippen LogP contribution in [0, 0.1) is 5.41 Å². The molecular formula is C22H39N3O2. The molecule has 1 amide bonds. The van der Waals surface area contributed by atoms with Crippen molar-refractivity contribution in [1.82, 2.24) is 10.4 Å². The molecular weight excluding hydrogens is 338 g/mol. The number of amides is 1. The Kier molecular flexibility index (Phi) is 8.18. The number of rotatable bonds is 4. The predicted octanol–water partition coefficient (Wildman–Crippen LogP) is 5.33. The van der Waals surface area contributed by atoms with Crippen molar-refractivity contribution in [2.45, 2.75) is 111 Å². The molecule has 27 heavy (non-hydrogen) atoms. The van der Waals surface area contributed by atoms with Crippen LogP contribution in [-0.4, -0.2) is 28.9 Å². The SMILES string of the molecule is C/C=C(\C)NOC(=NC1CCCCC1)N(C(=O)C(C)(C)C)C1CCCCC1. The molecule has 1 N–H and O–H groups in total. The Morgan fingerprint density at radius 3 is 2.11 bits per heavy atom. The van der Waals surface area contributed by atoms with Gasteiger partial charge in [-0.1, -0.05) is 65.4 Å². The molecule has 0 aromatic carbocycles. The van der Waals surface area contributed by atoms with E-state index in [2.05, 4.69) is 5.48 Å². The van der Waals surface area contributed by atoms with E-state index in [1.807, 2.05) is 45.6 Å². The molecule has 0 saturated heterocycles. The maximum Gasteiger partial charge on any atom is 0.321 e. The second kappa shape index (κ2) is 10.1. The zero-order valence-electron chi connectivity index (χ0n) is 18.0. The van der Waals surface area contributed by atoms with Gasteiger partial charge in [0, 0.05) is 17.2 Å². The summed E-state index contributed by atoms with van der Waals surface area (Å²) < 4.78 is 0. The third-order valence-electron chi connectivity index (χ3n) is 5.61. The first-order chi connectivity index (χ1) is 12.8. The van der Waals surface area contributed by atoms with Gasteiger partial charge in [-0.2, -0.15) is 0 Å². The standard InChI is InChI=1S/C22H39N3O2/c1-6-17(2)24-27-21(23-18-13-9-7-10-14-18)25(20(26)22(3,4)5)19-15-11-8-12-16-19/h6,18-19,24H,7-16H2,1-5H3/b17-6+,23-21?. The number of hydroxylamine groups is 1. The van der Waals surface area contributed by atoms with E-state index in [-0.39, 0.29) is 18.0 Å². The highest BCUT2D eigenvalue weighted by atomic mass is 16.7. The van der Waals surface area contributed by atoms with Gasteiger partial charge in [-0.3, -0.25) is 9.69 Å². The predicted molar refractivity (Wildman–Crippen MR) is 111 cm³/mol. The van der Waals surface area contributed by atoms with Crippen molar-refractivity contribution in [3.8, 4) is 0 Å². The van der Waals surface area contributed by atoms with E-state index < -0.39 is 5.41 Å². The van der Waals surface area contributed by atoms with Gasteiger partial charge in [0.1, 0.15) is 0 Å². The van der Waals surface area contributed by atoms with E-state index in [4.69, 9.17) is 9.83 Å². The Morgan fingerprint density at radius 2 is 1.59 bits per heavy atom. The van der Waals surface area contributed by atoms with Crippen LogP contribution in [0.2, 0.25) is 0 Å². The van der Waals surface area contributed by atoms with E-state index in [1.54, 1.807) is 0 Å². The van der Waals surface area contributed by atoms with Crippen LogP contribution >= 0.6 is 0 Å². The quantitative estimate of drug-likeness (QED) is 0.409. The van der Waals surface area contributed by atoms with Crippen molar-refractivity contribution >= 4 is 11.9 Å². The molecule has 2 aliphatic carbocycles. The summed E-state index contributed by atoms with van der Waals surface area (Å²) in [5, 5.41) is 0. The Labute approximate surface area is 165 Å². The average molecular weight is 378 g/mol. The van der Waals surface area contributed by atoms with Gasteiger partial charge >= 0.3 is 6.02 Å². The van der Waals surface area contributed by atoms with Crippen LogP contribution in [0.15, 0.2) is 16.8 Å². The van der Waals surface area contributed by atoms with E-state index in [1.165, 1.54) is 25.7 Å². The summed E-state index contributed by atoms with van der Waals surface area (Å²) in [6.45, 7) is 9.85. The van der Waals surface area contributed by atoms with Gasteiger partial charge in [0.15, 0.2) is 0 Å². The first-order valence-corrected chi connectivity index (χ1v) is 10.8. The molecule has 2 saturated carbocycles. The van der Waals surface area contributed by atoms with Crippen LogP contribution in [0.4, 0.5) is 0 Å². The first-order valence-electron chi connectivity index (χ1n) is 10.8. The van der Waals surface area contributed by atoms with Gasteiger partial charge < -0.3 is 4.84 Å². The maximum atomic E-state index is 13.4. The molecule has 0 unspecified atom stereocenters. The number of carbonyl (C=O) groups is 1.